The molecule has 2 N–H and O–H groups in total. The summed E-state index contributed by atoms with van der Waals surface area (Å²) in [7, 11) is 0. The number of aromatic hydroxyl groups is 1. The van der Waals surface area contributed by atoms with E-state index in [9.17, 15) is 19.8 Å². The lowest BCUT2D eigenvalue weighted by Crippen LogP contribution is -2.38. The molecule has 168 valence electrons. The van der Waals surface area contributed by atoms with Gasteiger partial charge in [-0.1, -0.05) is 58.4 Å². The predicted molar refractivity (Wildman–Crippen MR) is 122 cm³/mol. The van der Waals surface area contributed by atoms with Crippen LogP contribution in [0.3, 0.4) is 0 Å². The molecule has 2 rings (SSSR count). The van der Waals surface area contributed by atoms with Crippen molar-refractivity contribution in [1.29, 1.82) is 0 Å². The zero-order valence-corrected chi connectivity index (χ0v) is 19.7. The van der Waals surface area contributed by atoms with Crippen LogP contribution in [0.4, 0.5) is 0 Å². The summed E-state index contributed by atoms with van der Waals surface area (Å²) in [5.74, 6) is -1.44. The molecule has 1 aromatic carbocycles. The van der Waals surface area contributed by atoms with Crippen LogP contribution in [0, 0.1) is 16.7 Å². The highest BCUT2D eigenvalue weighted by Gasteiger charge is 2.46. The molecule has 1 aliphatic carbocycles. The van der Waals surface area contributed by atoms with Gasteiger partial charge in [0.15, 0.2) is 5.78 Å². The zero-order valence-electron chi connectivity index (χ0n) is 19.7. The van der Waals surface area contributed by atoms with E-state index < -0.39 is 22.7 Å². The van der Waals surface area contributed by atoms with Crippen molar-refractivity contribution in [3.05, 3.63) is 64.5 Å². The fraction of sp³-hybridized carbons (Fsp3) is 0.462. The van der Waals surface area contributed by atoms with Gasteiger partial charge in [0.05, 0.1) is 17.2 Å². The molecule has 0 bridgehead atoms. The van der Waals surface area contributed by atoms with Gasteiger partial charge in [-0.25, -0.2) is 4.79 Å². The van der Waals surface area contributed by atoms with Crippen molar-refractivity contribution < 1.29 is 24.5 Å². The number of esters is 1. The Morgan fingerprint density at radius 2 is 1.74 bits per heavy atom. The number of ether oxygens (including phenoxy) is 1. The van der Waals surface area contributed by atoms with Gasteiger partial charge in [-0.2, -0.15) is 0 Å². The molecule has 0 amide bonds. The molecule has 2 unspecified atom stereocenters. The molecular weight excluding hydrogens is 392 g/mol. The molecule has 0 saturated heterocycles. The monoisotopic (exact) mass is 426 g/mol. The van der Waals surface area contributed by atoms with Crippen LogP contribution in [0.15, 0.2) is 58.9 Å². The summed E-state index contributed by atoms with van der Waals surface area (Å²) in [6, 6.07) is 6.38. The van der Waals surface area contributed by atoms with E-state index >= 15 is 0 Å². The number of aliphatic hydroxyl groups excluding tert-OH is 1. The van der Waals surface area contributed by atoms with Gasteiger partial charge >= 0.3 is 5.97 Å². The number of phenols is 1. The average molecular weight is 427 g/mol. The highest BCUT2D eigenvalue weighted by Crippen LogP contribution is 2.52. The molecule has 5 nitrogen and oxygen atoms in total. The van der Waals surface area contributed by atoms with Gasteiger partial charge in [-0.05, 0) is 50.0 Å². The Hall–Kier alpha value is -2.82. The van der Waals surface area contributed by atoms with Crippen molar-refractivity contribution in [2.75, 3.05) is 0 Å². The Bertz CT molecular complexity index is 972. The molecule has 0 fully saturated rings. The van der Waals surface area contributed by atoms with Gasteiger partial charge in [0.2, 0.25) is 0 Å². The topological polar surface area (TPSA) is 83.8 Å². The van der Waals surface area contributed by atoms with Crippen molar-refractivity contribution in [3.8, 4) is 5.75 Å². The van der Waals surface area contributed by atoms with Crippen LogP contribution in [-0.4, -0.2) is 28.1 Å². The Kier molecular flexibility index (Phi) is 6.89. The minimum atomic E-state index is -0.722. The minimum absolute atomic E-state index is 0.0407. The van der Waals surface area contributed by atoms with Crippen LogP contribution in [0.5, 0.6) is 5.75 Å². The van der Waals surface area contributed by atoms with Crippen molar-refractivity contribution in [2.45, 2.75) is 61.5 Å². The number of ketones is 1. The maximum absolute atomic E-state index is 12.9. The summed E-state index contributed by atoms with van der Waals surface area (Å²) in [6.07, 6.45) is 2.88. The summed E-state index contributed by atoms with van der Waals surface area (Å²) in [4.78, 5) is 25.7. The van der Waals surface area contributed by atoms with Gasteiger partial charge in [0.25, 0.3) is 0 Å². The summed E-state index contributed by atoms with van der Waals surface area (Å²) >= 11 is 0. The normalized spacial score (nSPS) is 22.4. The van der Waals surface area contributed by atoms with E-state index in [-0.39, 0.29) is 34.5 Å². The molecule has 1 aliphatic rings. The van der Waals surface area contributed by atoms with Crippen LogP contribution in [-0.2, 0) is 9.53 Å². The van der Waals surface area contributed by atoms with E-state index in [4.69, 9.17) is 4.74 Å². The first kappa shape index (κ1) is 24.4. The molecule has 2 atom stereocenters. The van der Waals surface area contributed by atoms with Crippen LogP contribution >= 0.6 is 0 Å². The number of para-hydroxylation sites is 1. The lowest BCUT2D eigenvalue weighted by Gasteiger charge is -2.43. The maximum Gasteiger partial charge on any atom is 0.338 e. The number of hydrogen-bond acceptors (Lipinski definition) is 5. The second-order valence-corrected chi connectivity index (χ2v) is 9.69. The molecule has 5 heteroatoms. The van der Waals surface area contributed by atoms with E-state index in [0.29, 0.717) is 5.57 Å². The predicted octanol–water partition coefficient (Wildman–Crippen LogP) is 5.91. The average Bonchev–Trinajstić information content (AvgIpc) is 2.63. The van der Waals surface area contributed by atoms with Gasteiger partial charge in [0.1, 0.15) is 11.5 Å². The Balaban J connectivity index is 2.62. The molecule has 1 aromatic rings. The Morgan fingerprint density at radius 3 is 2.26 bits per heavy atom. The number of benzene rings is 1. The van der Waals surface area contributed by atoms with Crippen molar-refractivity contribution in [2.24, 2.45) is 16.7 Å². The van der Waals surface area contributed by atoms with Crippen LogP contribution in [0.25, 0.3) is 0 Å². The second kappa shape index (κ2) is 8.74. The molecular formula is C26H34O5. The summed E-state index contributed by atoms with van der Waals surface area (Å²) < 4.78 is 5.43. The third kappa shape index (κ3) is 4.76. The highest BCUT2D eigenvalue weighted by atomic mass is 16.5. The summed E-state index contributed by atoms with van der Waals surface area (Å²) in [5.41, 5.74) is 0.818. The summed E-state index contributed by atoms with van der Waals surface area (Å²) in [5, 5.41) is 21.1. The number of hydrogen-bond donors (Lipinski definition) is 2. The van der Waals surface area contributed by atoms with Crippen LogP contribution < -0.4 is 0 Å². The van der Waals surface area contributed by atoms with Gasteiger partial charge in [-0.3, -0.25) is 4.79 Å². The fourth-order valence-electron chi connectivity index (χ4n) is 4.17. The van der Waals surface area contributed by atoms with E-state index in [2.05, 4.69) is 0 Å². The van der Waals surface area contributed by atoms with Gasteiger partial charge in [-0.15, -0.1) is 0 Å². The number of carbonyl (C=O) groups excluding carboxylic acids is 2. The zero-order chi connectivity index (χ0) is 23.7. The Morgan fingerprint density at radius 1 is 1.16 bits per heavy atom. The quantitative estimate of drug-likeness (QED) is 0.347. The van der Waals surface area contributed by atoms with Gasteiger partial charge < -0.3 is 14.9 Å². The van der Waals surface area contributed by atoms with Gasteiger partial charge in [0, 0.05) is 11.3 Å². The lowest BCUT2D eigenvalue weighted by atomic mass is 9.61. The molecule has 0 saturated carbocycles. The smallest absolute Gasteiger partial charge is 0.338 e. The number of allylic oxidation sites excluding steroid dienone is 4. The van der Waals surface area contributed by atoms with E-state index in [0.717, 1.165) is 5.57 Å². The number of phenolic OH excluding ortho intramolecular Hbond substituents is 1. The Labute approximate surface area is 185 Å². The summed E-state index contributed by atoms with van der Waals surface area (Å²) in [6.45, 7) is 15.2. The molecule has 0 radical (unpaired) electrons. The SMILES string of the molecule is CC1=C(C(C)(C)C)C(O)=C(C(=O)OC(C)C)C(C)C1(C)C=CC(=O)c1ccccc1O. The van der Waals surface area contributed by atoms with Crippen molar-refractivity contribution in [3.63, 3.8) is 0 Å². The number of carbonyl (C=O) groups is 2. The van der Waals surface area contributed by atoms with E-state index in [1.165, 1.54) is 12.1 Å². The molecule has 0 spiro atoms. The number of rotatable bonds is 5. The first-order chi connectivity index (χ1) is 14.2. The van der Waals surface area contributed by atoms with Crippen molar-refractivity contribution in [1.82, 2.24) is 0 Å². The molecule has 31 heavy (non-hydrogen) atoms. The standard InChI is InChI=1S/C26H34O5/c1-15(2)31-24(30)21-16(3)26(8,17(4)22(23(21)29)25(5,6)7)14-13-20(28)18-11-9-10-12-19(18)27/h9-16,27,29H,1-8H3. The third-order valence-electron chi connectivity index (χ3n) is 6.07. The molecule has 0 heterocycles. The largest absolute Gasteiger partial charge is 0.507 e. The first-order valence-corrected chi connectivity index (χ1v) is 10.6. The highest BCUT2D eigenvalue weighted by molar-refractivity contribution is 6.06. The second-order valence-electron chi connectivity index (χ2n) is 9.69. The van der Waals surface area contributed by atoms with Crippen LogP contribution in [0.2, 0.25) is 0 Å². The lowest BCUT2D eigenvalue weighted by molar-refractivity contribution is -0.143. The van der Waals surface area contributed by atoms with E-state index in [1.54, 1.807) is 38.1 Å². The van der Waals surface area contributed by atoms with E-state index in [1.807, 2.05) is 41.5 Å². The van der Waals surface area contributed by atoms with Crippen molar-refractivity contribution >= 4 is 11.8 Å². The molecule has 0 aromatic heterocycles. The minimum Gasteiger partial charge on any atom is -0.507 e. The first-order valence-electron chi connectivity index (χ1n) is 10.6. The third-order valence-corrected chi connectivity index (χ3v) is 6.07. The van der Waals surface area contributed by atoms with Crippen LogP contribution in [0.1, 0.15) is 65.7 Å². The molecule has 0 aliphatic heterocycles. The number of aliphatic hydroxyl groups is 1. The fourth-order valence-corrected chi connectivity index (χ4v) is 4.17. The maximum atomic E-state index is 12.9.